The first-order valence-electron chi connectivity index (χ1n) is 7.96. The summed E-state index contributed by atoms with van der Waals surface area (Å²) in [6.45, 7) is 5.70. The molecule has 2 heterocycles. The topological polar surface area (TPSA) is 111 Å². The average Bonchev–Trinajstić information content (AvgIpc) is 3.25. The quantitative estimate of drug-likeness (QED) is 0.328. The third-order valence-corrected chi connectivity index (χ3v) is 4.09. The van der Waals surface area contributed by atoms with Crippen molar-refractivity contribution in [2.75, 3.05) is 18.0 Å². The second-order valence-corrected chi connectivity index (χ2v) is 6.61. The number of benzene rings is 1. The predicted octanol–water partition coefficient (Wildman–Crippen LogP) is 2.41. The molecule has 2 aromatic rings. The van der Waals surface area contributed by atoms with Gasteiger partial charge in [0.25, 0.3) is 0 Å². The van der Waals surface area contributed by atoms with Gasteiger partial charge in [0.15, 0.2) is 11.5 Å². The molecule has 0 fully saturated rings. The van der Waals surface area contributed by atoms with Gasteiger partial charge in [-0.3, -0.25) is 4.79 Å². The molecular formula is C16H19N5O4S. The number of aromatic nitrogens is 3. The van der Waals surface area contributed by atoms with Crippen molar-refractivity contribution in [3.8, 4) is 11.5 Å². The van der Waals surface area contributed by atoms with Gasteiger partial charge in [-0.1, -0.05) is 11.8 Å². The number of H-pyrrole nitrogens is 1. The Labute approximate surface area is 154 Å². The fourth-order valence-electron chi connectivity index (χ4n) is 2.10. The molecule has 10 heteroatoms. The summed E-state index contributed by atoms with van der Waals surface area (Å²) in [4.78, 5) is 15.7. The number of rotatable bonds is 7. The molecule has 0 radical (unpaired) electrons. The van der Waals surface area contributed by atoms with Gasteiger partial charge in [0, 0.05) is 5.56 Å². The fraction of sp³-hybridized carbons (Fsp3) is 0.375. The average molecular weight is 377 g/mol. The van der Waals surface area contributed by atoms with Crippen molar-refractivity contribution in [1.82, 2.24) is 15.2 Å². The number of carbonyl (C=O) groups is 1. The van der Waals surface area contributed by atoms with Gasteiger partial charge in [-0.2, -0.15) is 10.1 Å². The highest BCUT2D eigenvalue weighted by Gasteiger charge is 2.14. The molecule has 3 rings (SSSR count). The van der Waals surface area contributed by atoms with E-state index in [4.69, 9.17) is 14.2 Å². The van der Waals surface area contributed by atoms with Crippen LogP contribution in [0.3, 0.4) is 0 Å². The van der Waals surface area contributed by atoms with Crippen LogP contribution in [0, 0.1) is 0 Å². The van der Waals surface area contributed by atoms with Crippen molar-refractivity contribution in [3.05, 3.63) is 23.8 Å². The Morgan fingerprint density at radius 1 is 1.42 bits per heavy atom. The zero-order valence-corrected chi connectivity index (χ0v) is 15.4. The summed E-state index contributed by atoms with van der Waals surface area (Å²) in [7, 11) is 0. The number of thioether (sulfide) groups is 1. The summed E-state index contributed by atoms with van der Waals surface area (Å²) in [5.74, 6) is 1.64. The van der Waals surface area contributed by atoms with Crippen molar-refractivity contribution in [3.63, 3.8) is 0 Å². The lowest BCUT2D eigenvalue weighted by Crippen LogP contribution is -2.13. The van der Waals surface area contributed by atoms with Crippen LogP contribution < -0.4 is 14.9 Å². The number of esters is 1. The van der Waals surface area contributed by atoms with E-state index >= 15 is 0 Å². The zero-order chi connectivity index (χ0) is 18.5. The maximum absolute atomic E-state index is 11.5. The normalized spacial score (nSPS) is 13.2. The molecule has 1 aliphatic heterocycles. The Kier molecular flexibility index (Phi) is 5.61. The number of fused-ring (bicyclic) bond motifs is 1. The lowest BCUT2D eigenvalue weighted by molar-refractivity contribution is -0.144. The van der Waals surface area contributed by atoms with E-state index in [-0.39, 0.29) is 24.6 Å². The van der Waals surface area contributed by atoms with E-state index in [0.29, 0.717) is 16.9 Å². The molecule has 0 bridgehead atoms. The highest BCUT2D eigenvalue weighted by atomic mass is 32.2. The number of anilines is 1. The Morgan fingerprint density at radius 2 is 2.23 bits per heavy atom. The summed E-state index contributed by atoms with van der Waals surface area (Å²) in [5.41, 5.74) is 4.45. The van der Waals surface area contributed by atoms with Gasteiger partial charge < -0.3 is 14.2 Å². The number of hydrazone groups is 1. The Balaban J connectivity index is 1.55. The number of nitrogens with zero attached hydrogens (tertiary/aromatic N) is 3. The molecule has 0 aliphatic carbocycles. The van der Waals surface area contributed by atoms with Gasteiger partial charge in [-0.25, -0.2) is 10.5 Å². The third kappa shape index (κ3) is 4.66. The molecular weight excluding hydrogens is 358 g/mol. The van der Waals surface area contributed by atoms with E-state index < -0.39 is 0 Å². The van der Waals surface area contributed by atoms with Crippen LogP contribution >= 0.6 is 11.8 Å². The summed E-state index contributed by atoms with van der Waals surface area (Å²) in [6.07, 6.45) is -0.138. The van der Waals surface area contributed by atoms with E-state index in [2.05, 4.69) is 25.7 Å². The van der Waals surface area contributed by atoms with Gasteiger partial charge in [-0.05, 0) is 39.0 Å². The Bertz CT molecular complexity index is 821. The number of hydrogen-bond donors (Lipinski definition) is 2. The van der Waals surface area contributed by atoms with E-state index in [9.17, 15) is 4.79 Å². The van der Waals surface area contributed by atoms with Gasteiger partial charge in [0.05, 0.1) is 17.6 Å². The van der Waals surface area contributed by atoms with Gasteiger partial charge in [0.1, 0.15) is 0 Å². The third-order valence-electron chi connectivity index (χ3n) is 3.27. The molecule has 2 N–H and O–H groups in total. The standard InChI is InChI=1S/C16H19N5O4S/c1-9(2)25-14(22)7-26-16-17-15(20-21-16)19-18-10(3)11-4-5-12-13(6-11)24-8-23-12/h4-6,9H,7-8H2,1-3H3,(H2,17,19,20,21). The van der Waals surface area contributed by atoms with Crippen molar-refractivity contribution >= 4 is 29.4 Å². The van der Waals surface area contributed by atoms with Gasteiger partial charge in [0.2, 0.25) is 17.9 Å². The summed E-state index contributed by atoms with van der Waals surface area (Å²) < 4.78 is 15.7. The van der Waals surface area contributed by atoms with E-state index in [1.807, 2.05) is 25.1 Å². The molecule has 0 saturated heterocycles. The minimum absolute atomic E-state index is 0.138. The minimum Gasteiger partial charge on any atom is -0.462 e. The number of carbonyl (C=O) groups excluding carboxylic acids is 1. The first kappa shape index (κ1) is 18.1. The largest absolute Gasteiger partial charge is 0.462 e. The summed E-state index contributed by atoms with van der Waals surface area (Å²) >= 11 is 1.19. The van der Waals surface area contributed by atoms with Crippen molar-refractivity contribution in [1.29, 1.82) is 0 Å². The molecule has 1 aromatic carbocycles. The monoisotopic (exact) mass is 377 g/mol. The van der Waals surface area contributed by atoms with E-state index in [1.54, 1.807) is 13.8 Å². The molecule has 0 amide bonds. The molecule has 0 saturated carbocycles. The number of hydrogen-bond acceptors (Lipinski definition) is 9. The number of ether oxygens (including phenoxy) is 3. The van der Waals surface area contributed by atoms with Gasteiger partial charge in [-0.15, -0.1) is 5.10 Å². The molecule has 1 aromatic heterocycles. The van der Waals surface area contributed by atoms with Crippen LogP contribution in [0.25, 0.3) is 0 Å². The van der Waals surface area contributed by atoms with E-state index in [0.717, 1.165) is 17.0 Å². The molecule has 0 unspecified atom stereocenters. The highest BCUT2D eigenvalue weighted by molar-refractivity contribution is 7.99. The SMILES string of the molecule is CC(=NNc1nc(SCC(=O)OC(C)C)n[nH]1)c1ccc2c(c1)OCO2. The fourth-order valence-corrected chi connectivity index (χ4v) is 2.69. The van der Waals surface area contributed by atoms with Crippen molar-refractivity contribution in [2.45, 2.75) is 32.0 Å². The maximum atomic E-state index is 11.5. The second kappa shape index (κ2) is 8.09. The Morgan fingerprint density at radius 3 is 3.04 bits per heavy atom. The van der Waals surface area contributed by atoms with Crippen molar-refractivity contribution < 1.29 is 19.0 Å². The zero-order valence-electron chi connectivity index (χ0n) is 14.6. The predicted molar refractivity (Wildman–Crippen MR) is 96.7 cm³/mol. The molecule has 0 spiro atoms. The van der Waals surface area contributed by atoms with E-state index in [1.165, 1.54) is 11.8 Å². The van der Waals surface area contributed by atoms with Crippen LogP contribution in [0.4, 0.5) is 5.95 Å². The summed E-state index contributed by atoms with van der Waals surface area (Å²) in [6, 6.07) is 5.61. The number of aromatic amines is 1. The van der Waals surface area contributed by atoms with Crippen LogP contribution in [-0.2, 0) is 9.53 Å². The molecule has 26 heavy (non-hydrogen) atoms. The second-order valence-electron chi connectivity index (χ2n) is 5.67. The van der Waals surface area contributed by atoms with Crippen LogP contribution in [0.2, 0.25) is 0 Å². The smallest absolute Gasteiger partial charge is 0.316 e. The first-order chi connectivity index (χ1) is 12.5. The molecule has 0 atom stereocenters. The van der Waals surface area contributed by atoms with Crippen LogP contribution in [0.1, 0.15) is 26.3 Å². The Hall–Kier alpha value is -2.75. The van der Waals surface area contributed by atoms with Crippen LogP contribution in [-0.4, -0.2) is 45.5 Å². The van der Waals surface area contributed by atoms with Crippen molar-refractivity contribution in [2.24, 2.45) is 5.10 Å². The summed E-state index contributed by atoms with van der Waals surface area (Å²) in [5, 5.41) is 11.4. The molecule has 1 aliphatic rings. The minimum atomic E-state index is -0.305. The van der Waals surface area contributed by atoms with Crippen LogP contribution in [0.15, 0.2) is 28.5 Å². The maximum Gasteiger partial charge on any atom is 0.316 e. The van der Waals surface area contributed by atoms with Gasteiger partial charge >= 0.3 is 5.97 Å². The number of nitrogens with one attached hydrogen (secondary N) is 2. The first-order valence-corrected chi connectivity index (χ1v) is 8.95. The van der Waals surface area contributed by atoms with Crippen LogP contribution in [0.5, 0.6) is 11.5 Å². The molecule has 138 valence electrons. The lowest BCUT2D eigenvalue weighted by atomic mass is 10.1. The highest BCUT2D eigenvalue weighted by Crippen LogP contribution is 2.32. The molecule has 9 nitrogen and oxygen atoms in total. The lowest BCUT2D eigenvalue weighted by Gasteiger charge is -2.05.